The summed E-state index contributed by atoms with van der Waals surface area (Å²) in [5.74, 6) is 0. The third kappa shape index (κ3) is 3.48. The van der Waals surface area contributed by atoms with Gasteiger partial charge < -0.3 is 24.8 Å². The fourth-order valence-electron chi connectivity index (χ4n) is 1.60. The van der Waals surface area contributed by atoms with Crippen molar-refractivity contribution in [2.75, 3.05) is 0 Å². The number of allylic oxidation sites excluding steroid dienone is 8. The van der Waals surface area contributed by atoms with Crippen LogP contribution < -0.4 is 24.8 Å². The first-order valence-corrected chi connectivity index (χ1v) is 13.5. The van der Waals surface area contributed by atoms with E-state index in [1.165, 1.54) is 0 Å². The molecule has 0 heterocycles. The number of hydrogen-bond acceptors (Lipinski definition) is 0. The summed E-state index contributed by atoms with van der Waals surface area (Å²) in [5, 5.41) is 0. The van der Waals surface area contributed by atoms with Crippen molar-refractivity contribution in [3.8, 4) is 0 Å². The molecule has 0 fully saturated rings. The van der Waals surface area contributed by atoms with Crippen LogP contribution in [-0.2, 0) is 17.9 Å². The van der Waals surface area contributed by atoms with E-state index >= 15 is 0 Å². The molecule has 0 aromatic heterocycles. The topological polar surface area (TPSA) is 0 Å². The molecule has 84 valence electrons. The van der Waals surface area contributed by atoms with E-state index in [1.807, 2.05) is 24.3 Å². The van der Waals surface area contributed by atoms with Gasteiger partial charge in [-0.3, -0.25) is 0 Å². The Morgan fingerprint density at radius 3 is 1.20 bits per heavy atom. The first-order valence-electron chi connectivity index (χ1n) is 4.29. The zero-order chi connectivity index (χ0) is 9.31. The summed E-state index contributed by atoms with van der Waals surface area (Å²) in [4.78, 5) is 0. The molecule has 15 heavy (non-hydrogen) atoms. The molecule has 0 unspecified atom stereocenters. The normalized spacial score (nSPS) is 19.3. The fraction of sp³-hybridized carbons (Fsp3) is 0.200. The van der Waals surface area contributed by atoms with Crippen LogP contribution in [-0.4, -0.2) is 0 Å². The summed E-state index contributed by atoms with van der Waals surface area (Å²) < 4.78 is 0.657. The Labute approximate surface area is 114 Å². The van der Waals surface area contributed by atoms with Gasteiger partial charge in [0.15, 0.2) is 0 Å². The van der Waals surface area contributed by atoms with Crippen LogP contribution >= 0.6 is 17.0 Å². The van der Waals surface area contributed by atoms with E-state index in [4.69, 9.17) is 17.0 Å². The molecule has 0 saturated heterocycles. The van der Waals surface area contributed by atoms with E-state index < -0.39 is 17.9 Å². The third-order valence-corrected chi connectivity index (χ3v) is 14.6. The van der Waals surface area contributed by atoms with Crippen molar-refractivity contribution in [1.82, 2.24) is 0 Å². The standard InChI is InChI=1S/2C5H5.4ClH.Zr/c2*1-2-4-5-3-1;;;;;/h2*1-5H;4*1H;/q;;;;;;+2/p-4. The molecular weight excluding hydrogens is 353 g/mol. The summed E-state index contributed by atoms with van der Waals surface area (Å²) in [7, 11) is 13.0. The molecule has 0 aromatic carbocycles. The van der Waals surface area contributed by atoms with Gasteiger partial charge in [-0.2, -0.15) is 0 Å². The molecule has 0 aromatic rings. The molecule has 2 rings (SSSR count). The minimum absolute atomic E-state index is 0. The van der Waals surface area contributed by atoms with Crippen molar-refractivity contribution in [2.24, 2.45) is 0 Å². The van der Waals surface area contributed by atoms with Crippen LogP contribution in [0.3, 0.4) is 0 Å². The predicted molar refractivity (Wildman–Crippen MR) is 55.8 cm³/mol. The Hall–Kier alpha value is 1.00. The van der Waals surface area contributed by atoms with E-state index in [1.54, 1.807) is 0 Å². The first kappa shape index (κ1) is 16.0. The number of hydrogen-bond donors (Lipinski definition) is 0. The van der Waals surface area contributed by atoms with E-state index in [9.17, 15) is 0 Å². The molecule has 0 N–H and O–H groups in total. The second-order valence-electron chi connectivity index (χ2n) is 3.27. The van der Waals surface area contributed by atoms with Crippen LogP contribution in [0.2, 0.25) is 7.25 Å². The van der Waals surface area contributed by atoms with Gasteiger partial charge in [-0.05, 0) is 0 Å². The Bertz CT molecular complexity index is 263. The van der Waals surface area contributed by atoms with Gasteiger partial charge in [0.2, 0.25) is 0 Å². The zero-order valence-corrected chi connectivity index (χ0v) is 13.3. The quantitative estimate of drug-likeness (QED) is 0.548. The Balaban J connectivity index is 0.000000980. The SMILES string of the molecule is [Cl-].[Cl-].[Cl][Zr]([Cl])([CH]1C=CC=C1)[CH]1C=CC=C1. The molecule has 0 radical (unpaired) electrons. The van der Waals surface area contributed by atoms with Crippen molar-refractivity contribution >= 4 is 17.0 Å². The van der Waals surface area contributed by atoms with Gasteiger partial charge in [0, 0.05) is 0 Å². The van der Waals surface area contributed by atoms with Crippen molar-refractivity contribution in [3.63, 3.8) is 0 Å². The van der Waals surface area contributed by atoms with Crippen LogP contribution in [0.4, 0.5) is 0 Å². The van der Waals surface area contributed by atoms with Gasteiger partial charge in [-0.1, -0.05) is 0 Å². The van der Waals surface area contributed by atoms with Gasteiger partial charge in [0.25, 0.3) is 0 Å². The monoisotopic (exact) mass is 360 g/mol. The average Bonchev–Trinajstić information content (AvgIpc) is 2.78. The molecule has 0 saturated carbocycles. The molecule has 0 aliphatic heterocycles. The van der Waals surface area contributed by atoms with Gasteiger partial charge >= 0.3 is 90.8 Å². The first-order chi connectivity index (χ1) is 6.21. The van der Waals surface area contributed by atoms with E-state index in [2.05, 4.69) is 24.3 Å². The maximum atomic E-state index is 6.52. The summed E-state index contributed by atoms with van der Waals surface area (Å²) in [6.45, 7) is 0. The van der Waals surface area contributed by atoms with Crippen LogP contribution in [0.5, 0.6) is 0 Å². The van der Waals surface area contributed by atoms with Gasteiger partial charge in [-0.25, -0.2) is 0 Å². The van der Waals surface area contributed by atoms with E-state index in [0.717, 1.165) is 0 Å². The Kier molecular flexibility index (Phi) is 7.12. The summed E-state index contributed by atoms with van der Waals surface area (Å²) in [6.07, 6.45) is 16.6. The molecule has 0 nitrogen and oxygen atoms in total. The van der Waals surface area contributed by atoms with Gasteiger partial charge in [0.05, 0.1) is 0 Å². The maximum absolute atomic E-state index is 6.52. The molecule has 2 aliphatic rings. The second kappa shape index (κ2) is 6.67. The third-order valence-electron chi connectivity index (χ3n) is 2.38. The summed E-state index contributed by atoms with van der Waals surface area (Å²) in [5.41, 5.74) is 0. The Morgan fingerprint density at radius 1 is 0.667 bits per heavy atom. The second-order valence-corrected chi connectivity index (χ2v) is 18.4. The van der Waals surface area contributed by atoms with Crippen LogP contribution in [0.15, 0.2) is 48.6 Å². The van der Waals surface area contributed by atoms with Crippen LogP contribution in [0.25, 0.3) is 0 Å². The van der Waals surface area contributed by atoms with E-state index in [0.29, 0.717) is 7.25 Å². The fourth-order valence-corrected chi connectivity index (χ4v) is 9.75. The zero-order valence-electron chi connectivity index (χ0n) is 7.79. The number of rotatable bonds is 2. The van der Waals surface area contributed by atoms with E-state index in [-0.39, 0.29) is 24.8 Å². The molecule has 0 bridgehead atoms. The van der Waals surface area contributed by atoms with Crippen LogP contribution in [0.1, 0.15) is 0 Å². The van der Waals surface area contributed by atoms with Crippen molar-refractivity contribution in [3.05, 3.63) is 48.6 Å². The minimum atomic E-state index is -3.01. The molecule has 0 atom stereocenters. The Morgan fingerprint density at radius 2 is 0.933 bits per heavy atom. The van der Waals surface area contributed by atoms with Gasteiger partial charge in [-0.15, -0.1) is 0 Å². The molecule has 0 spiro atoms. The predicted octanol–water partition coefficient (Wildman–Crippen LogP) is -1.72. The van der Waals surface area contributed by atoms with Crippen molar-refractivity contribution in [2.45, 2.75) is 7.25 Å². The number of halogens is 4. The van der Waals surface area contributed by atoms with Gasteiger partial charge in [0.1, 0.15) is 0 Å². The molecule has 2 aliphatic carbocycles. The van der Waals surface area contributed by atoms with Crippen molar-refractivity contribution in [1.29, 1.82) is 0 Å². The average molecular weight is 363 g/mol. The van der Waals surface area contributed by atoms with Crippen LogP contribution in [0, 0.1) is 0 Å². The summed E-state index contributed by atoms with van der Waals surface area (Å²) >= 11 is -3.01. The molecule has 0 amide bonds. The molecular formula is C10H10Cl4Zr-2. The summed E-state index contributed by atoms with van der Waals surface area (Å²) in [6, 6.07) is 0. The van der Waals surface area contributed by atoms with Crippen molar-refractivity contribution < 1.29 is 42.7 Å². The molecule has 5 heteroatoms.